The molecule has 1 amide bonds. The zero-order valence-electron chi connectivity index (χ0n) is 57.0. The summed E-state index contributed by atoms with van der Waals surface area (Å²) in [5, 5.41) is 23.4. The highest BCUT2D eigenvalue weighted by Crippen LogP contribution is 2.20. The third-order valence-corrected chi connectivity index (χ3v) is 18.7. The lowest BCUT2D eigenvalue weighted by Crippen LogP contribution is -2.45. The van der Waals surface area contributed by atoms with Gasteiger partial charge in [-0.25, -0.2) is 0 Å². The Morgan fingerprint density at radius 3 is 0.735 bits per heavy atom. The monoisotopic (exact) mass is 1170 g/mol. The fourth-order valence-corrected chi connectivity index (χ4v) is 12.8. The van der Waals surface area contributed by atoms with Crippen LogP contribution in [0.4, 0.5) is 0 Å². The molecular weight excluding hydrogens is 1020 g/mol. The molecule has 0 aliphatic rings. The Bertz CT molecular complexity index is 1210. The number of hydrogen-bond acceptors (Lipinski definition) is 5. The van der Waals surface area contributed by atoms with Crippen molar-refractivity contribution in [2.75, 3.05) is 13.2 Å². The zero-order chi connectivity index (χ0) is 59.9. The van der Waals surface area contributed by atoms with Crippen LogP contribution in [0.25, 0.3) is 0 Å². The first-order valence-electron chi connectivity index (χ1n) is 38.8. The van der Waals surface area contributed by atoms with Crippen molar-refractivity contribution in [1.29, 1.82) is 0 Å². The zero-order valence-corrected chi connectivity index (χ0v) is 57.0. The van der Waals surface area contributed by atoms with E-state index in [1.165, 1.54) is 385 Å². The lowest BCUT2D eigenvalue weighted by atomic mass is 10.0. The highest BCUT2D eigenvalue weighted by molar-refractivity contribution is 5.76. The molecule has 0 fully saturated rings. The first-order valence-corrected chi connectivity index (χ1v) is 38.8. The Hall–Kier alpha value is -1.14. The van der Waals surface area contributed by atoms with Gasteiger partial charge < -0.3 is 20.3 Å². The number of carbonyl (C=O) groups excluding carboxylic acids is 2. The van der Waals surface area contributed by atoms with Crippen molar-refractivity contribution in [3.63, 3.8) is 0 Å². The lowest BCUT2D eigenvalue weighted by Gasteiger charge is -2.22. The van der Waals surface area contributed by atoms with Crippen molar-refractivity contribution in [1.82, 2.24) is 5.32 Å². The summed E-state index contributed by atoms with van der Waals surface area (Å²) in [5.41, 5.74) is 0. The molecule has 0 rings (SSSR count). The van der Waals surface area contributed by atoms with Gasteiger partial charge in [0.25, 0.3) is 0 Å². The van der Waals surface area contributed by atoms with Gasteiger partial charge in [0.15, 0.2) is 0 Å². The van der Waals surface area contributed by atoms with Crippen molar-refractivity contribution < 1.29 is 24.5 Å². The summed E-state index contributed by atoms with van der Waals surface area (Å²) < 4.78 is 5.51. The maximum Gasteiger partial charge on any atom is 0.305 e. The van der Waals surface area contributed by atoms with Crippen LogP contribution < -0.4 is 5.32 Å². The number of amides is 1. The normalized spacial score (nSPS) is 12.4. The van der Waals surface area contributed by atoms with Gasteiger partial charge in [-0.15, -0.1) is 0 Å². The molecule has 0 saturated carbocycles. The van der Waals surface area contributed by atoms with Crippen molar-refractivity contribution in [2.45, 2.75) is 469 Å². The molecule has 0 aliphatic carbocycles. The summed E-state index contributed by atoms with van der Waals surface area (Å²) in [6.07, 6.45) is 90.4. The van der Waals surface area contributed by atoms with Crippen LogP contribution in [0.1, 0.15) is 457 Å². The molecular formula is C77H153NO5. The van der Waals surface area contributed by atoms with Crippen LogP contribution in [0, 0.1) is 0 Å². The second kappa shape index (κ2) is 73.3. The minimum absolute atomic E-state index is 0.0251. The molecule has 0 aromatic carbocycles. The van der Waals surface area contributed by atoms with Gasteiger partial charge in [-0.2, -0.15) is 0 Å². The molecule has 2 unspecified atom stereocenters. The quantitative estimate of drug-likeness (QED) is 0.0417. The second-order valence-electron chi connectivity index (χ2n) is 27.1. The maximum atomic E-state index is 12.6. The molecule has 3 N–H and O–H groups in total. The van der Waals surface area contributed by atoms with E-state index in [1.807, 2.05) is 0 Å². The Morgan fingerprint density at radius 2 is 0.494 bits per heavy atom. The minimum atomic E-state index is -0.661. The van der Waals surface area contributed by atoms with E-state index in [2.05, 4.69) is 19.2 Å². The fraction of sp³-hybridized carbons (Fsp3) is 0.974. The molecule has 496 valence electrons. The van der Waals surface area contributed by atoms with Crippen LogP contribution in [0.15, 0.2) is 0 Å². The average Bonchev–Trinajstić information content (AvgIpc) is 3.49. The van der Waals surface area contributed by atoms with Gasteiger partial charge in [0, 0.05) is 12.8 Å². The molecule has 6 nitrogen and oxygen atoms in total. The van der Waals surface area contributed by atoms with Crippen LogP contribution in [0.2, 0.25) is 0 Å². The number of aliphatic hydroxyl groups excluding tert-OH is 2. The van der Waals surface area contributed by atoms with E-state index >= 15 is 0 Å². The van der Waals surface area contributed by atoms with E-state index in [1.54, 1.807) is 0 Å². The molecule has 0 spiro atoms. The molecule has 0 aliphatic heterocycles. The van der Waals surface area contributed by atoms with Gasteiger partial charge in [0.05, 0.1) is 25.4 Å². The van der Waals surface area contributed by atoms with Crippen LogP contribution >= 0.6 is 0 Å². The Labute approximate surface area is 521 Å². The highest BCUT2D eigenvalue weighted by Gasteiger charge is 2.20. The summed E-state index contributed by atoms with van der Waals surface area (Å²) in [5.74, 6) is -0.000187. The SMILES string of the molecule is CCCCCCCCCCCCCCCCCCCCCCC(O)C(CO)NC(=O)CCCCCCCCCCCCCCCCCCCCCCCCCCCCCCCCOC(=O)CCCCCCCCCCCCCCCCCC. The van der Waals surface area contributed by atoms with E-state index in [-0.39, 0.29) is 18.5 Å². The van der Waals surface area contributed by atoms with Crippen molar-refractivity contribution >= 4 is 11.9 Å². The predicted octanol–water partition coefficient (Wildman–Crippen LogP) is 25.3. The van der Waals surface area contributed by atoms with Gasteiger partial charge >= 0.3 is 5.97 Å². The first-order chi connectivity index (χ1) is 41.0. The Kier molecular flexibility index (Phi) is 72.3. The number of unbranched alkanes of at least 4 members (excludes halogenated alkanes) is 63. The molecule has 0 bridgehead atoms. The van der Waals surface area contributed by atoms with Crippen LogP contribution in [-0.2, 0) is 14.3 Å². The first kappa shape index (κ1) is 81.9. The third kappa shape index (κ3) is 69.8. The summed E-state index contributed by atoms with van der Waals surface area (Å²) in [6, 6.07) is -0.538. The molecule has 0 saturated heterocycles. The second-order valence-corrected chi connectivity index (χ2v) is 27.1. The van der Waals surface area contributed by atoms with E-state index in [0.29, 0.717) is 25.9 Å². The van der Waals surface area contributed by atoms with Gasteiger partial charge in [-0.05, 0) is 25.7 Å². The number of esters is 1. The van der Waals surface area contributed by atoms with Crippen molar-refractivity contribution in [3.8, 4) is 0 Å². The van der Waals surface area contributed by atoms with E-state index in [9.17, 15) is 19.8 Å². The van der Waals surface area contributed by atoms with Crippen LogP contribution in [0.3, 0.4) is 0 Å². The topological polar surface area (TPSA) is 95.9 Å². The fourth-order valence-electron chi connectivity index (χ4n) is 12.8. The van der Waals surface area contributed by atoms with Gasteiger partial charge in [0.1, 0.15) is 0 Å². The molecule has 0 heterocycles. The number of aliphatic hydroxyl groups is 2. The Balaban J connectivity index is 3.32. The summed E-state index contributed by atoms with van der Waals surface area (Å²) in [6.45, 7) is 5.02. The average molecular weight is 1170 g/mol. The number of ether oxygens (including phenoxy) is 1. The number of nitrogens with one attached hydrogen (secondary N) is 1. The molecule has 0 aromatic heterocycles. The van der Waals surface area contributed by atoms with Gasteiger partial charge in [-0.1, -0.05) is 418 Å². The molecule has 6 heteroatoms. The minimum Gasteiger partial charge on any atom is -0.466 e. The number of carbonyl (C=O) groups is 2. The lowest BCUT2D eigenvalue weighted by molar-refractivity contribution is -0.143. The molecule has 0 radical (unpaired) electrons. The van der Waals surface area contributed by atoms with Crippen molar-refractivity contribution in [2.24, 2.45) is 0 Å². The van der Waals surface area contributed by atoms with Gasteiger partial charge in [-0.3, -0.25) is 9.59 Å². The summed E-state index contributed by atoms with van der Waals surface area (Å²) in [4.78, 5) is 24.7. The number of rotatable bonds is 74. The Morgan fingerprint density at radius 1 is 0.289 bits per heavy atom. The smallest absolute Gasteiger partial charge is 0.305 e. The van der Waals surface area contributed by atoms with Gasteiger partial charge in [0.2, 0.25) is 5.91 Å². The standard InChI is InChI=1S/C77H153NO5/c1-3-5-7-9-11-13-15-17-19-21-22-35-38-41-45-49-53-57-61-65-69-75(80)74(73-79)78-76(81)70-66-62-58-54-50-46-42-39-36-33-31-29-27-25-23-24-26-28-30-32-34-37-40-44-48-52-56-60-64-68-72-83-77(82)71-67-63-59-55-51-47-43-20-18-16-14-12-10-8-6-4-2/h74-75,79-80H,3-73H2,1-2H3,(H,78,81). The summed E-state index contributed by atoms with van der Waals surface area (Å²) >= 11 is 0. The third-order valence-electron chi connectivity index (χ3n) is 18.7. The maximum absolute atomic E-state index is 12.6. The van der Waals surface area contributed by atoms with Crippen LogP contribution in [-0.4, -0.2) is 47.4 Å². The summed E-state index contributed by atoms with van der Waals surface area (Å²) in [7, 11) is 0. The van der Waals surface area contributed by atoms with E-state index < -0.39 is 12.1 Å². The largest absolute Gasteiger partial charge is 0.466 e. The molecule has 83 heavy (non-hydrogen) atoms. The number of hydrogen-bond donors (Lipinski definition) is 3. The van der Waals surface area contributed by atoms with E-state index in [0.717, 1.165) is 38.5 Å². The van der Waals surface area contributed by atoms with Crippen LogP contribution in [0.5, 0.6) is 0 Å². The highest BCUT2D eigenvalue weighted by atomic mass is 16.5. The molecule has 0 aromatic rings. The van der Waals surface area contributed by atoms with Crippen molar-refractivity contribution in [3.05, 3.63) is 0 Å². The van der Waals surface area contributed by atoms with E-state index in [4.69, 9.17) is 4.74 Å². The predicted molar refractivity (Wildman–Crippen MR) is 366 cm³/mol. The molecule has 2 atom stereocenters.